The number of anilines is 1. The van der Waals surface area contributed by atoms with Gasteiger partial charge in [-0.3, -0.25) is 9.78 Å². The van der Waals surface area contributed by atoms with Crippen molar-refractivity contribution in [1.29, 1.82) is 0 Å². The molecule has 0 spiro atoms. The average Bonchev–Trinajstić information content (AvgIpc) is 3.36. The second-order valence-electron chi connectivity index (χ2n) is 9.41. The van der Waals surface area contributed by atoms with Crippen molar-refractivity contribution in [3.63, 3.8) is 0 Å². The summed E-state index contributed by atoms with van der Waals surface area (Å²) in [4.78, 5) is 16.9. The van der Waals surface area contributed by atoms with Crippen molar-refractivity contribution < 1.29 is 27.4 Å². The summed E-state index contributed by atoms with van der Waals surface area (Å²) in [6, 6.07) is 7.33. The van der Waals surface area contributed by atoms with Crippen molar-refractivity contribution in [1.82, 2.24) is 25.4 Å². The lowest BCUT2D eigenvalue weighted by Crippen LogP contribution is -2.45. The van der Waals surface area contributed by atoms with Gasteiger partial charge in [0.15, 0.2) is 17.5 Å². The van der Waals surface area contributed by atoms with Gasteiger partial charge in [-0.1, -0.05) is 6.07 Å². The molecule has 1 saturated heterocycles. The summed E-state index contributed by atoms with van der Waals surface area (Å²) in [5.41, 5.74) is 1.62. The molecule has 3 atom stereocenters. The number of carbonyl (C=O) groups excluding carboxylic acids is 1. The molecule has 3 aromatic rings. The number of methoxy groups -OCH3 is 2. The smallest absolute Gasteiger partial charge is 0.410 e. The maximum Gasteiger partial charge on any atom is 0.410 e. The Kier molecular flexibility index (Phi) is 10.1. The molecule has 2 aliphatic rings. The fourth-order valence-electron chi connectivity index (χ4n) is 4.95. The van der Waals surface area contributed by atoms with Crippen molar-refractivity contribution in [2.75, 3.05) is 32.6 Å². The zero-order valence-corrected chi connectivity index (χ0v) is 23.5. The molecule has 1 aromatic carbocycles. The standard InChI is InChI=1S/C26H29F3N6O3.2ClH/c1-37-21-6-5-15(11-22(21)38-2)18-12-23(26(27,28)29)35-24(33-18)13-19(34-35)16-7-9-31-20(10-16)25(36)32-17-4-3-8-30-14-17;;/h5-7,9-11,13,17-18,23,30,33H,3-4,8,12,14H2,1-2H3,(H,32,36);2*1H. The minimum atomic E-state index is -4.52. The summed E-state index contributed by atoms with van der Waals surface area (Å²) in [6.45, 7) is 1.61. The molecule has 218 valence electrons. The number of aromatic nitrogens is 3. The van der Waals surface area contributed by atoms with Crippen LogP contribution in [0.25, 0.3) is 11.3 Å². The Labute approximate surface area is 242 Å². The van der Waals surface area contributed by atoms with Crippen LogP contribution in [0.2, 0.25) is 0 Å². The van der Waals surface area contributed by atoms with Crippen LogP contribution in [0.1, 0.15) is 47.4 Å². The van der Waals surface area contributed by atoms with Crippen LogP contribution >= 0.6 is 24.8 Å². The lowest BCUT2D eigenvalue weighted by Gasteiger charge is -2.33. The maximum absolute atomic E-state index is 14.2. The first kappa shape index (κ1) is 31.3. The third-order valence-electron chi connectivity index (χ3n) is 6.92. The number of piperidine rings is 1. The predicted molar refractivity (Wildman–Crippen MR) is 149 cm³/mol. The maximum atomic E-state index is 14.2. The van der Waals surface area contributed by atoms with Crippen LogP contribution in [-0.2, 0) is 0 Å². The topological polar surface area (TPSA) is 102 Å². The molecule has 0 bridgehead atoms. The average molecular weight is 603 g/mol. The Morgan fingerprint density at radius 2 is 1.88 bits per heavy atom. The summed E-state index contributed by atoms with van der Waals surface area (Å²) < 4.78 is 54.1. The van der Waals surface area contributed by atoms with Crippen LogP contribution in [0.5, 0.6) is 11.5 Å². The Bertz CT molecular complexity index is 1320. The van der Waals surface area contributed by atoms with Crippen LogP contribution < -0.4 is 25.4 Å². The van der Waals surface area contributed by atoms with E-state index in [0.717, 1.165) is 24.1 Å². The van der Waals surface area contributed by atoms with Crippen molar-refractivity contribution in [3.05, 3.63) is 53.9 Å². The van der Waals surface area contributed by atoms with E-state index < -0.39 is 18.3 Å². The van der Waals surface area contributed by atoms with E-state index >= 15 is 0 Å². The number of hydrogen-bond donors (Lipinski definition) is 3. The third-order valence-corrected chi connectivity index (χ3v) is 6.92. The number of amides is 1. The number of alkyl halides is 3. The molecule has 14 heteroatoms. The van der Waals surface area contributed by atoms with Gasteiger partial charge in [0.25, 0.3) is 5.91 Å². The van der Waals surface area contributed by atoms with Crippen molar-refractivity contribution in [2.24, 2.45) is 0 Å². The zero-order chi connectivity index (χ0) is 26.9. The van der Waals surface area contributed by atoms with E-state index in [1.807, 2.05) is 0 Å². The first-order chi connectivity index (χ1) is 18.3. The SMILES string of the molecule is COc1ccc(C2CC(C(F)(F)F)n3nc(-c4ccnc(C(=O)NC5CCCNC5)c4)cc3N2)cc1OC.Cl.Cl. The van der Waals surface area contributed by atoms with E-state index in [1.165, 1.54) is 20.4 Å². The second kappa shape index (κ2) is 13.0. The Balaban J connectivity index is 0.00000220. The van der Waals surface area contributed by atoms with Crippen LogP contribution in [0.15, 0.2) is 42.6 Å². The Morgan fingerprint density at radius 1 is 1.10 bits per heavy atom. The minimum Gasteiger partial charge on any atom is -0.493 e. The molecule has 40 heavy (non-hydrogen) atoms. The number of carbonyl (C=O) groups is 1. The number of fused-ring (bicyclic) bond motifs is 1. The van der Waals surface area contributed by atoms with Gasteiger partial charge in [-0.2, -0.15) is 18.3 Å². The van der Waals surface area contributed by atoms with Gasteiger partial charge in [0.2, 0.25) is 0 Å². The first-order valence-electron chi connectivity index (χ1n) is 12.4. The van der Waals surface area contributed by atoms with E-state index in [2.05, 4.69) is 26.0 Å². The van der Waals surface area contributed by atoms with Gasteiger partial charge < -0.3 is 25.4 Å². The first-order valence-corrected chi connectivity index (χ1v) is 12.4. The Morgan fingerprint density at radius 3 is 2.55 bits per heavy atom. The number of benzene rings is 1. The molecule has 0 aliphatic carbocycles. The highest BCUT2D eigenvalue weighted by molar-refractivity contribution is 5.93. The van der Waals surface area contributed by atoms with Gasteiger partial charge in [0.1, 0.15) is 11.5 Å². The molecule has 9 nitrogen and oxygen atoms in total. The van der Waals surface area contributed by atoms with Gasteiger partial charge in [0.05, 0.1) is 26.0 Å². The molecule has 1 amide bonds. The lowest BCUT2D eigenvalue weighted by atomic mass is 9.96. The van der Waals surface area contributed by atoms with Crippen LogP contribution in [-0.4, -0.2) is 60.2 Å². The number of pyridine rings is 1. The molecule has 4 heterocycles. The number of nitrogens with one attached hydrogen (secondary N) is 3. The van der Waals surface area contributed by atoms with E-state index in [1.54, 1.807) is 36.4 Å². The van der Waals surface area contributed by atoms with Gasteiger partial charge in [-0.25, -0.2) is 4.68 Å². The fraction of sp³-hybridized carbons (Fsp3) is 0.423. The predicted octanol–water partition coefficient (Wildman–Crippen LogP) is 4.95. The van der Waals surface area contributed by atoms with Crippen LogP contribution in [0.3, 0.4) is 0 Å². The molecule has 3 unspecified atom stereocenters. The molecule has 2 aromatic heterocycles. The van der Waals surface area contributed by atoms with Crippen molar-refractivity contribution in [3.8, 4) is 22.8 Å². The molecule has 3 N–H and O–H groups in total. The lowest BCUT2D eigenvalue weighted by molar-refractivity contribution is -0.173. The van der Waals surface area contributed by atoms with Crippen LogP contribution in [0, 0.1) is 0 Å². The highest BCUT2D eigenvalue weighted by Gasteiger charge is 2.46. The van der Waals surface area contributed by atoms with Gasteiger partial charge in [-0.15, -0.1) is 24.8 Å². The molecule has 5 rings (SSSR count). The Hall–Kier alpha value is -3.22. The van der Waals surface area contributed by atoms with Crippen LogP contribution in [0.4, 0.5) is 19.0 Å². The van der Waals surface area contributed by atoms with E-state index in [-0.39, 0.29) is 54.7 Å². The summed E-state index contributed by atoms with van der Waals surface area (Å²) in [6.07, 6.45) is -1.48. The highest BCUT2D eigenvalue weighted by atomic mass is 35.5. The van der Waals surface area contributed by atoms with Gasteiger partial charge in [0, 0.05) is 36.8 Å². The highest BCUT2D eigenvalue weighted by Crippen LogP contribution is 2.45. The molecule has 0 saturated carbocycles. The number of halogens is 5. The quantitative estimate of drug-likeness (QED) is 0.367. The minimum absolute atomic E-state index is 0. The molecule has 2 aliphatic heterocycles. The normalized spacial score (nSPS) is 20.2. The molecule has 1 fully saturated rings. The van der Waals surface area contributed by atoms with Crippen molar-refractivity contribution in [2.45, 2.75) is 43.6 Å². The monoisotopic (exact) mass is 602 g/mol. The van der Waals surface area contributed by atoms with E-state index in [9.17, 15) is 18.0 Å². The largest absolute Gasteiger partial charge is 0.493 e. The number of ether oxygens (including phenoxy) is 2. The van der Waals surface area contributed by atoms with Gasteiger partial charge >= 0.3 is 6.18 Å². The molecular weight excluding hydrogens is 572 g/mol. The zero-order valence-electron chi connectivity index (χ0n) is 21.8. The third kappa shape index (κ3) is 6.56. The molecular formula is C26H31Cl2F3N6O3. The second-order valence-corrected chi connectivity index (χ2v) is 9.41. The van der Waals surface area contributed by atoms with Crippen molar-refractivity contribution >= 4 is 36.5 Å². The number of nitrogens with zero attached hydrogens (tertiary/aromatic N) is 3. The van der Waals surface area contributed by atoms with E-state index in [4.69, 9.17) is 9.47 Å². The summed E-state index contributed by atoms with van der Waals surface area (Å²) in [5, 5.41) is 13.7. The number of rotatable bonds is 6. The van der Waals surface area contributed by atoms with Gasteiger partial charge in [-0.05, 0) is 49.2 Å². The summed E-state index contributed by atoms with van der Waals surface area (Å²) in [7, 11) is 2.97. The summed E-state index contributed by atoms with van der Waals surface area (Å²) >= 11 is 0. The fourth-order valence-corrected chi connectivity index (χ4v) is 4.95. The molecule has 0 radical (unpaired) electrons. The van der Waals surface area contributed by atoms with E-state index in [0.29, 0.717) is 34.9 Å². The number of hydrogen-bond acceptors (Lipinski definition) is 7. The summed E-state index contributed by atoms with van der Waals surface area (Å²) in [5.74, 6) is 0.819.